The van der Waals surface area contributed by atoms with E-state index in [2.05, 4.69) is 10.6 Å². The van der Waals surface area contributed by atoms with E-state index in [1.807, 2.05) is 54.6 Å². The Morgan fingerprint density at radius 2 is 1.67 bits per heavy atom. The van der Waals surface area contributed by atoms with E-state index in [1.165, 1.54) is 18.9 Å². The van der Waals surface area contributed by atoms with Crippen molar-refractivity contribution in [1.29, 1.82) is 0 Å². The molecule has 2 N–H and O–H groups in total. The number of halogens is 1. The number of hydrogen-bond acceptors (Lipinski definition) is 4. The predicted molar refractivity (Wildman–Crippen MR) is 123 cm³/mol. The lowest BCUT2D eigenvalue weighted by Crippen LogP contribution is -2.15. The van der Waals surface area contributed by atoms with Gasteiger partial charge in [0, 0.05) is 15.6 Å². The summed E-state index contributed by atoms with van der Waals surface area (Å²) in [5.41, 5.74) is 2.21. The molecule has 0 atom stereocenters. The van der Waals surface area contributed by atoms with Crippen molar-refractivity contribution in [3.05, 3.63) is 83.4 Å². The number of carbonyl (C=O) groups excluding carboxylic acids is 2. The van der Waals surface area contributed by atoms with E-state index >= 15 is 0 Å². The highest BCUT2D eigenvalue weighted by Gasteiger charge is 2.09. The molecule has 0 spiro atoms. The van der Waals surface area contributed by atoms with E-state index in [0.717, 1.165) is 10.5 Å². The highest BCUT2D eigenvalue weighted by molar-refractivity contribution is 8.00. The topological polar surface area (TPSA) is 67.4 Å². The van der Waals surface area contributed by atoms with Crippen LogP contribution in [0.1, 0.15) is 5.56 Å². The number of benzene rings is 3. The number of carbonyl (C=O) groups is 2. The molecule has 3 aromatic rings. The molecule has 0 aromatic heterocycles. The number of nitrogens with one attached hydrogen (secondary N) is 2. The lowest BCUT2D eigenvalue weighted by Gasteiger charge is -2.10. The summed E-state index contributed by atoms with van der Waals surface area (Å²) in [5, 5.41) is 6.20. The largest absolute Gasteiger partial charge is 0.495 e. The molecule has 2 amide bonds. The molecule has 0 aliphatic heterocycles. The second kappa shape index (κ2) is 10.7. The summed E-state index contributed by atoms with van der Waals surface area (Å²) in [7, 11) is 1.54. The molecule has 5 nitrogen and oxygen atoms in total. The molecule has 0 bridgehead atoms. The molecule has 7 heteroatoms. The Morgan fingerprint density at radius 1 is 0.933 bits per heavy atom. The van der Waals surface area contributed by atoms with Gasteiger partial charge >= 0.3 is 0 Å². The van der Waals surface area contributed by atoms with Crippen LogP contribution >= 0.6 is 23.4 Å². The first-order valence-electron chi connectivity index (χ1n) is 9.23. The van der Waals surface area contributed by atoms with Crippen molar-refractivity contribution in [2.24, 2.45) is 0 Å². The lowest BCUT2D eigenvalue weighted by atomic mass is 10.1. The molecule has 0 saturated carbocycles. The number of hydrogen-bond donors (Lipinski definition) is 2. The molecule has 0 fully saturated rings. The fraction of sp³-hybridized carbons (Fsp3) is 0.130. The molecule has 0 saturated heterocycles. The monoisotopic (exact) mass is 440 g/mol. The predicted octanol–water partition coefficient (Wildman–Crippen LogP) is 5.26. The van der Waals surface area contributed by atoms with Crippen LogP contribution in [0.3, 0.4) is 0 Å². The average Bonchev–Trinajstić information content (AvgIpc) is 2.74. The number of methoxy groups -OCH3 is 1. The molecular weight excluding hydrogens is 420 g/mol. The van der Waals surface area contributed by atoms with Gasteiger partial charge in [-0.05, 0) is 48.0 Å². The van der Waals surface area contributed by atoms with Gasteiger partial charge in [-0.25, -0.2) is 0 Å². The maximum Gasteiger partial charge on any atom is 0.234 e. The molecule has 30 heavy (non-hydrogen) atoms. The first-order valence-corrected chi connectivity index (χ1v) is 10.6. The van der Waals surface area contributed by atoms with Crippen LogP contribution in [0.4, 0.5) is 11.4 Å². The molecule has 3 aromatic carbocycles. The number of rotatable bonds is 8. The van der Waals surface area contributed by atoms with E-state index in [-0.39, 0.29) is 17.6 Å². The number of amides is 2. The van der Waals surface area contributed by atoms with E-state index in [9.17, 15) is 9.59 Å². The fourth-order valence-corrected chi connectivity index (χ4v) is 3.60. The average molecular weight is 441 g/mol. The van der Waals surface area contributed by atoms with Crippen LogP contribution in [0, 0.1) is 0 Å². The van der Waals surface area contributed by atoms with Crippen LogP contribution < -0.4 is 15.4 Å². The van der Waals surface area contributed by atoms with E-state index in [1.54, 1.807) is 18.2 Å². The van der Waals surface area contributed by atoms with Gasteiger partial charge in [-0.1, -0.05) is 41.9 Å². The van der Waals surface area contributed by atoms with Gasteiger partial charge in [0.05, 0.1) is 25.0 Å². The summed E-state index contributed by atoms with van der Waals surface area (Å²) in [6.45, 7) is 0. The van der Waals surface area contributed by atoms with Crippen LogP contribution in [0.15, 0.2) is 77.7 Å². The zero-order valence-corrected chi connectivity index (χ0v) is 17.9. The van der Waals surface area contributed by atoms with Crippen LogP contribution in [0.2, 0.25) is 5.02 Å². The molecule has 154 valence electrons. The Balaban J connectivity index is 1.49. The maximum atomic E-state index is 12.3. The summed E-state index contributed by atoms with van der Waals surface area (Å²) < 4.78 is 5.23. The van der Waals surface area contributed by atoms with Crippen molar-refractivity contribution in [3.8, 4) is 5.75 Å². The quantitative estimate of drug-likeness (QED) is 0.469. The van der Waals surface area contributed by atoms with Crippen molar-refractivity contribution in [2.45, 2.75) is 11.3 Å². The van der Waals surface area contributed by atoms with Gasteiger partial charge in [0.1, 0.15) is 5.75 Å². The van der Waals surface area contributed by atoms with Crippen LogP contribution in [0.25, 0.3) is 0 Å². The Morgan fingerprint density at radius 3 is 2.37 bits per heavy atom. The molecule has 0 unspecified atom stereocenters. The van der Waals surface area contributed by atoms with Crippen molar-refractivity contribution in [3.63, 3.8) is 0 Å². The summed E-state index contributed by atoms with van der Waals surface area (Å²) >= 11 is 7.38. The van der Waals surface area contributed by atoms with Gasteiger partial charge in [0.15, 0.2) is 0 Å². The van der Waals surface area contributed by atoms with Gasteiger partial charge in [-0.15, -0.1) is 11.8 Å². The van der Waals surface area contributed by atoms with Gasteiger partial charge in [0.25, 0.3) is 0 Å². The summed E-state index contributed by atoms with van der Waals surface area (Å²) in [5.74, 6) is 0.542. The molecule has 0 heterocycles. The van der Waals surface area contributed by atoms with Gasteiger partial charge in [-0.2, -0.15) is 0 Å². The first-order chi connectivity index (χ1) is 14.5. The third-order valence-electron chi connectivity index (χ3n) is 4.15. The normalized spacial score (nSPS) is 10.3. The molecule has 0 aliphatic rings. The van der Waals surface area contributed by atoms with Gasteiger partial charge in [0.2, 0.25) is 11.8 Å². The second-order valence-electron chi connectivity index (χ2n) is 6.42. The third-order valence-corrected chi connectivity index (χ3v) is 5.40. The number of anilines is 2. The minimum Gasteiger partial charge on any atom is -0.495 e. The van der Waals surface area contributed by atoms with Crippen LogP contribution in [0.5, 0.6) is 5.75 Å². The van der Waals surface area contributed by atoms with Gasteiger partial charge in [-0.3, -0.25) is 9.59 Å². The molecule has 0 aliphatic carbocycles. The Hall–Kier alpha value is -2.96. The summed E-state index contributed by atoms with van der Waals surface area (Å²) in [6.07, 6.45) is 0.324. The highest BCUT2D eigenvalue weighted by atomic mass is 35.5. The van der Waals surface area contributed by atoms with Gasteiger partial charge < -0.3 is 15.4 Å². The summed E-state index contributed by atoms with van der Waals surface area (Å²) in [4.78, 5) is 25.3. The minimum absolute atomic E-state index is 0.0727. The molecular formula is C23H21ClN2O3S. The number of ether oxygens (including phenoxy) is 1. The zero-order valence-electron chi connectivity index (χ0n) is 16.4. The minimum atomic E-state index is -0.166. The molecule has 3 rings (SSSR count). The first kappa shape index (κ1) is 21.7. The maximum absolute atomic E-state index is 12.3. The smallest absolute Gasteiger partial charge is 0.234 e. The van der Waals surface area contributed by atoms with E-state index in [0.29, 0.717) is 28.6 Å². The van der Waals surface area contributed by atoms with E-state index < -0.39 is 0 Å². The standard InChI is InChI=1S/C23H21ClN2O3S/c1-29-21-12-7-17(24)14-20(21)26-23(28)15-30-19-10-8-18(9-11-19)25-22(27)13-16-5-3-2-4-6-16/h2-12,14H,13,15H2,1H3,(H,25,27)(H,26,28). The van der Waals surface area contributed by atoms with Crippen molar-refractivity contribution in [2.75, 3.05) is 23.5 Å². The Kier molecular flexibility index (Phi) is 7.76. The van der Waals surface area contributed by atoms with Crippen molar-refractivity contribution >= 4 is 46.6 Å². The van der Waals surface area contributed by atoms with E-state index in [4.69, 9.17) is 16.3 Å². The summed E-state index contributed by atoms with van der Waals surface area (Å²) in [6, 6.07) is 22.0. The SMILES string of the molecule is COc1ccc(Cl)cc1NC(=O)CSc1ccc(NC(=O)Cc2ccccc2)cc1. The van der Waals surface area contributed by atoms with Crippen molar-refractivity contribution in [1.82, 2.24) is 0 Å². The van der Waals surface area contributed by atoms with Crippen molar-refractivity contribution < 1.29 is 14.3 Å². The zero-order chi connectivity index (χ0) is 21.3. The third kappa shape index (κ3) is 6.54. The number of thioether (sulfide) groups is 1. The highest BCUT2D eigenvalue weighted by Crippen LogP contribution is 2.28. The van der Waals surface area contributed by atoms with Crippen LogP contribution in [-0.4, -0.2) is 24.7 Å². The van der Waals surface area contributed by atoms with Crippen LogP contribution in [-0.2, 0) is 16.0 Å². The Bertz CT molecular complexity index is 1010. The second-order valence-corrected chi connectivity index (χ2v) is 7.90. The lowest BCUT2D eigenvalue weighted by molar-refractivity contribution is -0.115. The Labute approximate surface area is 184 Å². The molecule has 0 radical (unpaired) electrons. The fourth-order valence-electron chi connectivity index (χ4n) is 2.73.